The smallest absolute Gasteiger partial charge is 0.289 e. The zero-order valence-electron chi connectivity index (χ0n) is 13.7. The predicted octanol–water partition coefficient (Wildman–Crippen LogP) is 1.39. The number of carbonyl (C=O) groups excluding carboxylic acids is 2. The lowest BCUT2D eigenvalue weighted by Crippen LogP contribution is -2.60. The number of nitrogens with zero attached hydrogens (tertiary/aromatic N) is 2. The lowest BCUT2D eigenvalue weighted by molar-refractivity contribution is -0.135. The molecule has 3 heterocycles. The summed E-state index contributed by atoms with van der Waals surface area (Å²) in [5.74, 6) is 1.26. The molecule has 2 amide bonds. The molecule has 126 valence electrons. The van der Waals surface area contributed by atoms with E-state index in [1.54, 1.807) is 26.4 Å². The summed E-state index contributed by atoms with van der Waals surface area (Å²) in [6.07, 6.45) is 2.53. The topological polar surface area (TPSA) is 63.0 Å². The van der Waals surface area contributed by atoms with E-state index in [1.807, 2.05) is 23.6 Å². The van der Waals surface area contributed by atoms with Crippen molar-refractivity contribution >= 4 is 23.6 Å². The molecule has 2 fully saturated rings. The van der Waals surface area contributed by atoms with Gasteiger partial charge < -0.3 is 19.0 Å². The van der Waals surface area contributed by atoms with Gasteiger partial charge in [0.1, 0.15) is 6.61 Å². The Bertz CT molecular complexity index is 607. The van der Waals surface area contributed by atoms with Crippen LogP contribution in [0.15, 0.2) is 16.7 Å². The Morgan fingerprint density at radius 1 is 1.48 bits per heavy atom. The van der Waals surface area contributed by atoms with Gasteiger partial charge in [0.05, 0.1) is 17.1 Å². The molecule has 0 aliphatic carbocycles. The minimum absolute atomic E-state index is 0.0188. The van der Waals surface area contributed by atoms with E-state index >= 15 is 0 Å². The third-order valence-electron chi connectivity index (χ3n) is 4.42. The number of likely N-dealkylation sites (tertiary alicyclic amines) is 1. The minimum Gasteiger partial charge on any atom is -0.459 e. The highest BCUT2D eigenvalue weighted by Crippen LogP contribution is 2.46. The largest absolute Gasteiger partial charge is 0.459 e. The number of thioether (sulfide) groups is 1. The van der Waals surface area contributed by atoms with Gasteiger partial charge in [-0.05, 0) is 19.4 Å². The maximum absolute atomic E-state index is 12.4. The highest BCUT2D eigenvalue weighted by atomic mass is 32.2. The second kappa shape index (κ2) is 6.20. The van der Waals surface area contributed by atoms with Gasteiger partial charge in [-0.2, -0.15) is 0 Å². The summed E-state index contributed by atoms with van der Waals surface area (Å²) in [7, 11) is 3.45. The number of aryl methyl sites for hydroxylation is 1. The van der Waals surface area contributed by atoms with Crippen LogP contribution in [0.1, 0.15) is 22.5 Å². The average Bonchev–Trinajstić information content (AvgIpc) is 3.08. The molecule has 6 nitrogen and oxygen atoms in total. The summed E-state index contributed by atoms with van der Waals surface area (Å²) in [5.41, 5.74) is 0.874. The molecule has 2 aliphatic heterocycles. The highest BCUT2D eigenvalue weighted by Gasteiger charge is 2.51. The van der Waals surface area contributed by atoms with E-state index in [9.17, 15) is 9.59 Å². The summed E-state index contributed by atoms with van der Waals surface area (Å²) >= 11 is 1.85. The molecule has 1 atom stereocenters. The fourth-order valence-electron chi connectivity index (χ4n) is 2.98. The van der Waals surface area contributed by atoms with E-state index in [1.165, 1.54) is 4.90 Å². The van der Waals surface area contributed by atoms with Gasteiger partial charge in [0.2, 0.25) is 5.91 Å². The van der Waals surface area contributed by atoms with Crippen molar-refractivity contribution in [1.29, 1.82) is 0 Å². The van der Waals surface area contributed by atoms with Crippen molar-refractivity contribution in [3.8, 4) is 0 Å². The van der Waals surface area contributed by atoms with Crippen LogP contribution in [0, 0.1) is 6.92 Å². The van der Waals surface area contributed by atoms with Crippen molar-refractivity contribution in [3.05, 3.63) is 23.7 Å². The summed E-state index contributed by atoms with van der Waals surface area (Å²) in [4.78, 5) is 27.3. The van der Waals surface area contributed by atoms with Crippen LogP contribution in [0.4, 0.5) is 0 Å². The van der Waals surface area contributed by atoms with E-state index in [0.717, 1.165) is 30.8 Å². The van der Waals surface area contributed by atoms with Gasteiger partial charge in [-0.15, -0.1) is 11.8 Å². The second-order valence-corrected chi connectivity index (χ2v) is 8.00. The van der Waals surface area contributed by atoms with Crippen LogP contribution in [0.3, 0.4) is 0 Å². The number of likely N-dealkylation sites (N-methyl/N-ethyl adjacent to an activating group) is 1. The van der Waals surface area contributed by atoms with Gasteiger partial charge >= 0.3 is 0 Å². The molecule has 0 saturated carbocycles. The molecule has 23 heavy (non-hydrogen) atoms. The lowest BCUT2D eigenvalue weighted by Gasteiger charge is -2.47. The van der Waals surface area contributed by atoms with Crippen LogP contribution in [0.2, 0.25) is 0 Å². The number of hydrogen-bond acceptors (Lipinski definition) is 5. The fourth-order valence-corrected chi connectivity index (χ4v) is 4.53. The Kier molecular flexibility index (Phi) is 4.42. The number of carbonyl (C=O) groups is 2. The van der Waals surface area contributed by atoms with Gasteiger partial charge in [-0.3, -0.25) is 9.59 Å². The first-order chi connectivity index (χ1) is 10.9. The Labute approximate surface area is 140 Å². The molecule has 0 N–H and O–H groups in total. The van der Waals surface area contributed by atoms with Crippen molar-refractivity contribution in [2.24, 2.45) is 0 Å². The summed E-state index contributed by atoms with van der Waals surface area (Å²) in [5, 5.41) is 0. The first-order valence-electron chi connectivity index (χ1n) is 7.69. The van der Waals surface area contributed by atoms with Crippen molar-refractivity contribution in [3.63, 3.8) is 0 Å². The van der Waals surface area contributed by atoms with Gasteiger partial charge in [0, 0.05) is 38.5 Å². The van der Waals surface area contributed by atoms with Crippen molar-refractivity contribution < 1.29 is 18.7 Å². The number of hydrogen-bond donors (Lipinski definition) is 0. The molecule has 1 spiro atoms. The number of furan rings is 1. The molecular weight excluding hydrogens is 316 g/mol. The molecule has 7 heteroatoms. The number of rotatable bonds is 4. The van der Waals surface area contributed by atoms with Crippen LogP contribution in [-0.2, 0) is 9.53 Å². The SMILES string of the molecule is Cc1ccoc1C(=O)N1CC2(C[C@H](OCC(=O)N(C)C)CS2)C1. The fraction of sp³-hybridized carbons (Fsp3) is 0.625. The molecule has 3 rings (SSSR count). The quantitative estimate of drug-likeness (QED) is 0.830. The van der Waals surface area contributed by atoms with E-state index in [2.05, 4.69) is 0 Å². The zero-order chi connectivity index (χ0) is 16.6. The highest BCUT2D eigenvalue weighted by molar-refractivity contribution is 8.01. The first kappa shape index (κ1) is 16.4. The van der Waals surface area contributed by atoms with Crippen LogP contribution >= 0.6 is 11.8 Å². The molecular formula is C16H22N2O4S. The molecule has 1 aromatic heterocycles. The average molecular weight is 338 g/mol. The molecule has 0 radical (unpaired) electrons. The third kappa shape index (κ3) is 3.26. The second-order valence-electron chi connectivity index (χ2n) is 6.51. The van der Waals surface area contributed by atoms with Gasteiger partial charge in [-0.1, -0.05) is 0 Å². The van der Waals surface area contributed by atoms with Crippen LogP contribution in [0.25, 0.3) is 0 Å². The summed E-state index contributed by atoms with van der Waals surface area (Å²) in [6, 6.07) is 1.80. The van der Waals surface area contributed by atoms with Crippen molar-refractivity contribution in [2.75, 3.05) is 39.5 Å². The van der Waals surface area contributed by atoms with E-state index < -0.39 is 0 Å². The Morgan fingerprint density at radius 2 is 2.22 bits per heavy atom. The zero-order valence-corrected chi connectivity index (χ0v) is 14.5. The molecule has 1 aromatic rings. The normalized spacial score (nSPS) is 22.2. The maximum Gasteiger partial charge on any atom is 0.289 e. The van der Waals surface area contributed by atoms with E-state index in [0.29, 0.717) is 5.76 Å². The molecule has 0 bridgehead atoms. The number of amides is 2. The van der Waals surface area contributed by atoms with Gasteiger partial charge in [0.15, 0.2) is 5.76 Å². The maximum atomic E-state index is 12.4. The van der Waals surface area contributed by atoms with E-state index in [-0.39, 0.29) is 29.3 Å². The summed E-state index contributed by atoms with van der Waals surface area (Å²) < 4.78 is 11.1. The Hall–Kier alpha value is -1.47. The van der Waals surface area contributed by atoms with Crippen LogP contribution < -0.4 is 0 Å². The molecule has 2 aliphatic rings. The molecule has 0 aromatic carbocycles. The molecule has 0 unspecified atom stereocenters. The first-order valence-corrected chi connectivity index (χ1v) is 8.68. The predicted molar refractivity (Wildman–Crippen MR) is 87.6 cm³/mol. The van der Waals surface area contributed by atoms with Crippen molar-refractivity contribution in [2.45, 2.75) is 24.2 Å². The standard InChI is InChI=1S/C16H22N2O4S/c1-11-4-5-21-14(11)15(20)18-9-16(10-18)6-12(8-23-16)22-7-13(19)17(2)3/h4-5,12H,6-10H2,1-3H3/t12-/m0/s1. The van der Waals surface area contributed by atoms with Crippen LogP contribution in [0.5, 0.6) is 0 Å². The Balaban J connectivity index is 1.48. The monoisotopic (exact) mass is 338 g/mol. The van der Waals surface area contributed by atoms with Crippen molar-refractivity contribution in [1.82, 2.24) is 9.80 Å². The van der Waals surface area contributed by atoms with Crippen LogP contribution in [-0.4, -0.2) is 72.0 Å². The van der Waals surface area contributed by atoms with E-state index in [4.69, 9.17) is 9.15 Å². The summed E-state index contributed by atoms with van der Waals surface area (Å²) in [6.45, 7) is 3.45. The van der Waals surface area contributed by atoms with Gasteiger partial charge in [0.25, 0.3) is 5.91 Å². The molecule has 2 saturated heterocycles. The third-order valence-corrected chi connectivity index (χ3v) is 5.99. The van der Waals surface area contributed by atoms with Gasteiger partial charge in [-0.25, -0.2) is 0 Å². The Morgan fingerprint density at radius 3 is 2.83 bits per heavy atom. The number of ether oxygens (including phenoxy) is 1. The minimum atomic E-state index is -0.0362. The lowest BCUT2D eigenvalue weighted by atomic mass is 9.92.